The van der Waals surface area contributed by atoms with Crippen molar-refractivity contribution in [3.63, 3.8) is 0 Å². The molecule has 0 bridgehead atoms. The number of ether oxygens (including phenoxy) is 1. The van der Waals surface area contributed by atoms with Gasteiger partial charge in [0, 0.05) is 18.7 Å². The molecule has 0 saturated carbocycles. The number of likely N-dealkylation sites (N-methyl/N-ethyl adjacent to an activating group) is 1. The topological polar surface area (TPSA) is 78.5 Å². The molecule has 6 heteroatoms. The first-order valence-corrected chi connectivity index (χ1v) is 6.36. The average Bonchev–Trinajstić information content (AvgIpc) is 2.87. The van der Waals surface area contributed by atoms with E-state index in [4.69, 9.17) is 9.84 Å². The summed E-state index contributed by atoms with van der Waals surface area (Å²) in [7, 11) is 2.05. The van der Waals surface area contributed by atoms with Crippen LogP contribution in [0.25, 0.3) is 11.3 Å². The molecule has 2 N–H and O–H groups in total. The molecule has 0 aliphatic carbocycles. The minimum atomic E-state index is -1.02. The molecule has 0 radical (unpaired) electrons. The van der Waals surface area contributed by atoms with Crippen LogP contribution in [0.15, 0.2) is 30.3 Å². The Morgan fingerprint density at radius 3 is 2.90 bits per heavy atom. The summed E-state index contributed by atoms with van der Waals surface area (Å²) >= 11 is 0. The second-order valence-corrected chi connectivity index (χ2v) is 4.96. The number of hydrogen-bond acceptors (Lipinski definition) is 4. The Bertz CT molecular complexity index is 632. The molecular formula is C14H15N3O3. The lowest BCUT2D eigenvalue weighted by Gasteiger charge is -2.36. The molecule has 3 rings (SSSR count). The number of hydrogen-bond donors (Lipinski definition) is 2. The van der Waals surface area contributed by atoms with Crippen molar-refractivity contribution in [2.45, 2.75) is 6.10 Å². The molecular weight excluding hydrogens is 258 g/mol. The number of H-pyrrole nitrogens is 1. The van der Waals surface area contributed by atoms with Gasteiger partial charge in [-0.05, 0) is 25.2 Å². The Hall–Kier alpha value is -2.34. The predicted molar refractivity (Wildman–Crippen MR) is 72.9 cm³/mol. The van der Waals surface area contributed by atoms with E-state index in [-0.39, 0.29) is 11.8 Å². The molecule has 1 fully saturated rings. The number of carbonyl (C=O) groups is 1. The van der Waals surface area contributed by atoms with Crippen LogP contribution >= 0.6 is 0 Å². The number of rotatable bonds is 4. The van der Waals surface area contributed by atoms with E-state index in [1.807, 2.05) is 31.3 Å². The summed E-state index contributed by atoms with van der Waals surface area (Å²) < 4.78 is 5.84. The number of aromatic amines is 1. The first-order valence-electron chi connectivity index (χ1n) is 6.36. The van der Waals surface area contributed by atoms with Crippen molar-refractivity contribution < 1.29 is 14.6 Å². The van der Waals surface area contributed by atoms with Crippen LogP contribution in [0.4, 0.5) is 0 Å². The summed E-state index contributed by atoms with van der Waals surface area (Å²) in [6.45, 7) is 1.85. The molecule has 1 aromatic carbocycles. The fourth-order valence-electron chi connectivity index (χ4n) is 2.22. The number of likely N-dealkylation sites (tertiary alicyclic amines) is 1. The predicted octanol–water partition coefficient (Wildman–Crippen LogP) is 1.47. The van der Waals surface area contributed by atoms with Crippen molar-refractivity contribution in [3.8, 4) is 17.0 Å². The van der Waals surface area contributed by atoms with Crippen LogP contribution in [-0.2, 0) is 0 Å². The van der Waals surface area contributed by atoms with Crippen LogP contribution in [0.2, 0.25) is 0 Å². The van der Waals surface area contributed by atoms with Crippen LogP contribution in [0.1, 0.15) is 10.5 Å². The van der Waals surface area contributed by atoms with Gasteiger partial charge < -0.3 is 9.84 Å². The number of aromatic nitrogens is 2. The smallest absolute Gasteiger partial charge is 0.353 e. The van der Waals surface area contributed by atoms with E-state index in [1.54, 1.807) is 0 Å². The largest absolute Gasteiger partial charge is 0.488 e. The highest BCUT2D eigenvalue weighted by Gasteiger charge is 2.24. The number of carboxylic acids is 1. The van der Waals surface area contributed by atoms with Crippen LogP contribution in [-0.4, -0.2) is 52.4 Å². The lowest BCUT2D eigenvalue weighted by molar-refractivity contribution is 0.0389. The van der Waals surface area contributed by atoms with Gasteiger partial charge in [0.05, 0.1) is 5.69 Å². The second-order valence-electron chi connectivity index (χ2n) is 4.96. The van der Waals surface area contributed by atoms with Crippen LogP contribution < -0.4 is 4.74 Å². The molecule has 0 unspecified atom stereocenters. The van der Waals surface area contributed by atoms with Crippen LogP contribution in [0.3, 0.4) is 0 Å². The Labute approximate surface area is 116 Å². The molecule has 2 heterocycles. The molecule has 1 aliphatic rings. The quantitative estimate of drug-likeness (QED) is 0.882. The van der Waals surface area contributed by atoms with Crippen molar-refractivity contribution in [1.29, 1.82) is 0 Å². The van der Waals surface area contributed by atoms with E-state index >= 15 is 0 Å². The van der Waals surface area contributed by atoms with E-state index in [0.29, 0.717) is 5.69 Å². The van der Waals surface area contributed by atoms with Gasteiger partial charge in [0.25, 0.3) is 0 Å². The van der Waals surface area contributed by atoms with Gasteiger partial charge in [0.1, 0.15) is 17.5 Å². The second kappa shape index (κ2) is 4.97. The Morgan fingerprint density at radius 2 is 2.25 bits per heavy atom. The average molecular weight is 273 g/mol. The van der Waals surface area contributed by atoms with Crippen LogP contribution in [0.5, 0.6) is 5.75 Å². The number of nitrogens with one attached hydrogen (secondary N) is 1. The summed E-state index contributed by atoms with van der Waals surface area (Å²) in [5.74, 6) is -0.242. The maximum absolute atomic E-state index is 10.8. The number of carboxylic acid groups (broad SMARTS) is 1. The number of nitrogens with zero attached hydrogens (tertiary/aromatic N) is 2. The van der Waals surface area contributed by atoms with Gasteiger partial charge in [-0.1, -0.05) is 12.1 Å². The summed E-state index contributed by atoms with van der Waals surface area (Å²) in [5, 5.41) is 15.4. The van der Waals surface area contributed by atoms with E-state index in [1.165, 1.54) is 6.07 Å². The lowest BCUT2D eigenvalue weighted by Crippen LogP contribution is -2.51. The zero-order chi connectivity index (χ0) is 14.1. The summed E-state index contributed by atoms with van der Waals surface area (Å²) in [5.41, 5.74) is 1.50. The van der Waals surface area contributed by atoms with Gasteiger partial charge in [-0.2, -0.15) is 5.10 Å². The first kappa shape index (κ1) is 12.7. The van der Waals surface area contributed by atoms with E-state index < -0.39 is 5.97 Å². The summed E-state index contributed by atoms with van der Waals surface area (Å²) in [4.78, 5) is 13.0. The Kier molecular flexibility index (Phi) is 3.15. The molecule has 1 saturated heterocycles. The molecule has 1 aliphatic heterocycles. The fourth-order valence-corrected chi connectivity index (χ4v) is 2.22. The molecule has 6 nitrogen and oxygen atoms in total. The molecule has 1 aromatic heterocycles. The monoisotopic (exact) mass is 273 g/mol. The molecule has 0 atom stereocenters. The van der Waals surface area contributed by atoms with Crippen molar-refractivity contribution >= 4 is 5.97 Å². The molecule has 20 heavy (non-hydrogen) atoms. The lowest BCUT2D eigenvalue weighted by atomic mass is 10.1. The van der Waals surface area contributed by atoms with Gasteiger partial charge in [-0.3, -0.25) is 10.00 Å². The van der Waals surface area contributed by atoms with E-state index in [2.05, 4.69) is 15.1 Å². The number of aromatic carboxylic acids is 1. The highest BCUT2D eigenvalue weighted by molar-refractivity contribution is 5.86. The summed E-state index contributed by atoms with van der Waals surface area (Å²) in [6.07, 6.45) is 0.226. The van der Waals surface area contributed by atoms with Crippen molar-refractivity contribution in [2.24, 2.45) is 0 Å². The SMILES string of the molecule is CN1CC(Oc2cccc(-c3cc(C(=O)O)[nH]n3)c2)C1. The van der Waals surface area contributed by atoms with E-state index in [0.717, 1.165) is 24.4 Å². The van der Waals surface area contributed by atoms with Crippen molar-refractivity contribution in [3.05, 3.63) is 36.0 Å². The third-order valence-corrected chi connectivity index (χ3v) is 3.27. The van der Waals surface area contributed by atoms with Gasteiger partial charge in [0.2, 0.25) is 0 Å². The minimum Gasteiger partial charge on any atom is -0.488 e. The first-order chi connectivity index (χ1) is 9.61. The highest BCUT2D eigenvalue weighted by Crippen LogP contribution is 2.24. The highest BCUT2D eigenvalue weighted by atomic mass is 16.5. The third-order valence-electron chi connectivity index (χ3n) is 3.27. The molecule has 104 valence electrons. The van der Waals surface area contributed by atoms with Gasteiger partial charge >= 0.3 is 5.97 Å². The molecule has 0 amide bonds. The third kappa shape index (κ3) is 2.50. The summed E-state index contributed by atoms with van der Waals surface area (Å²) in [6, 6.07) is 9.04. The number of benzene rings is 1. The fraction of sp³-hybridized carbons (Fsp3) is 0.286. The van der Waals surface area contributed by atoms with Crippen molar-refractivity contribution in [1.82, 2.24) is 15.1 Å². The molecule has 2 aromatic rings. The zero-order valence-electron chi connectivity index (χ0n) is 11.0. The molecule has 0 spiro atoms. The van der Waals surface area contributed by atoms with Crippen molar-refractivity contribution in [2.75, 3.05) is 20.1 Å². The van der Waals surface area contributed by atoms with Gasteiger partial charge in [0.15, 0.2) is 0 Å². The van der Waals surface area contributed by atoms with Crippen LogP contribution in [0, 0.1) is 0 Å². The maximum Gasteiger partial charge on any atom is 0.353 e. The Balaban J connectivity index is 1.77. The Morgan fingerprint density at radius 1 is 1.45 bits per heavy atom. The van der Waals surface area contributed by atoms with Gasteiger partial charge in [-0.15, -0.1) is 0 Å². The maximum atomic E-state index is 10.8. The zero-order valence-corrected chi connectivity index (χ0v) is 11.0. The van der Waals surface area contributed by atoms with E-state index in [9.17, 15) is 4.79 Å². The normalized spacial score (nSPS) is 15.8. The standard InChI is InChI=1S/C14H15N3O3/c1-17-7-11(8-17)20-10-4-2-3-9(5-10)12-6-13(14(18)19)16-15-12/h2-6,11H,7-8H2,1H3,(H,15,16)(H,18,19). The van der Waals surface area contributed by atoms with Gasteiger partial charge in [-0.25, -0.2) is 4.79 Å². The minimum absolute atomic E-state index is 0.0759.